The molecule has 0 aliphatic carbocycles. The molecule has 0 spiro atoms. The molecule has 5 heteroatoms. The molecule has 0 saturated heterocycles. The topological polar surface area (TPSA) is 54.0 Å². The van der Waals surface area contributed by atoms with E-state index in [9.17, 15) is 0 Å². The molecule has 106 valence electrons. The summed E-state index contributed by atoms with van der Waals surface area (Å²) in [5.41, 5.74) is 1.94. The molecule has 2 heterocycles. The molecule has 20 heavy (non-hydrogen) atoms. The van der Waals surface area contributed by atoms with Crippen LogP contribution in [0.4, 0.5) is 0 Å². The van der Waals surface area contributed by atoms with Crippen LogP contribution in [0.1, 0.15) is 56.1 Å². The summed E-state index contributed by atoms with van der Waals surface area (Å²) in [4.78, 5) is 4.49. The monoisotopic (exact) mass is 290 g/mol. The number of nitrogens with zero attached hydrogens (tertiary/aromatic N) is 4. The molecule has 0 radical (unpaired) electrons. The van der Waals surface area contributed by atoms with E-state index in [0.717, 1.165) is 30.0 Å². The number of unbranched alkanes of at least 4 members (excludes halogenated alkanes) is 4. The van der Waals surface area contributed by atoms with Crippen LogP contribution < -0.4 is 0 Å². The van der Waals surface area contributed by atoms with Crippen molar-refractivity contribution in [3.63, 3.8) is 0 Å². The molecule has 2 rings (SSSR count). The molecule has 0 unspecified atom stereocenters. The predicted molar refractivity (Wildman–Crippen MR) is 79.9 cm³/mol. The maximum Gasteiger partial charge on any atom is 0.157 e. The highest BCUT2D eigenvalue weighted by Gasteiger charge is 2.12. The highest BCUT2D eigenvalue weighted by atomic mass is 35.5. The fourth-order valence-corrected chi connectivity index (χ4v) is 2.58. The number of nitriles is 1. The normalized spacial score (nSPS) is 10.9. The Morgan fingerprint density at radius 1 is 1.30 bits per heavy atom. The minimum absolute atomic E-state index is 0.444. The number of aromatic nitrogens is 3. The quantitative estimate of drug-likeness (QED) is 0.753. The molecule has 2 aromatic rings. The summed E-state index contributed by atoms with van der Waals surface area (Å²) in [7, 11) is 0. The second-order valence-electron chi connectivity index (χ2n) is 5.03. The molecule has 0 atom stereocenters. The number of aryl methyl sites for hydroxylation is 2. The van der Waals surface area contributed by atoms with Crippen molar-refractivity contribution in [3.05, 3.63) is 28.2 Å². The minimum Gasteiger partial charge on any atom is -0.217 e. The molecule has 0 saturated carbocycles. The molecule has 0 bridgehead atoms. The average Bonchev–Trinajstić information content (AvgIpc) is 2.82. The van der Waals surface area contributed by atoms with Gasteiger partial charge in [0.2, 0.25) is 0 Å². The standard InChI is InChI=1S/C15H19ClN4/c1-3-4-5-6-7-8-14-18-15-9-13(16)12(10-17)11(2)20(15)19-14/h9H,3-8H2,1-2H3. The van der Waals surface area contributed by atoms with Crippen molar-refractivity contribution in [2.75, 3.05) is 0 Å². The third-order valence-corrected chi connectivity index (χ3v) is 3.76. The van der Waals surface area contributed by atoms with Crippen molar-refractivity contribution >= 4 is 17.2 Å². The summed E-state index contributed by atoms with van der Waals surface area (Å²) in [5, 5.41) is 14.0. The summed E-state index contributed by atoms with van der Waals surface area (Å²) in [5.74, 6) is 0.829. The lowest BCUT2D eigenvalue weighted by Gasteiger charge is -2.01. The van der Waals surface area contributed by atoms with Crippen LogP contribution >= 0.6 is 11.6 Å². The first kappa shape index (κ1) is 14.8. The van der Waals surface area contributed by atoms with E-state index >= 15 is 0 Å². The first-order valence-electron chi connectivity index (χ1n) is 7.12. The van der Waals surface area contributed by atoms with E-state index in [1.54, 1.807) is 10.6 Å². The number of halogens is 1. The lowest BCUT2D eigenvalue weighted by Crippen LogP contribution is -1.98. The van der Waals surface area contributed by atoms with Gasteiger partial charge < -0.3 is 0 Å². The van der Waals surface area contributed by atoms with Gasteiger partial charge in [0.25, 0.3) is 0 Å². The van der Waals surface area contributed by atoms with Gasteiger partial charge in [0.15, 0.2) is 11.5 Å². The molecule has 0 amide bonds. The van der Waals surface area contributed by atoms with E-state index in [0.29, 0.717) is 10.6 Å². The van der Waals surface area contributed by atoms with Crippen molar-refractivity contribution in [1.29, 1.82) is 5.26 Å². The fraction of sp³-hybridized carbons (Fsp3) is 0.533. The first-order chi connectivity index (χ1) is 9.67. The van der Waals surface area contributed by atoms with Gasteiger partial charge in [0.1, 0.15) is 6.07 Å². The van der Waals surface area contributed by atoms with E-state index in [4.69, 9.17) is 16.9 Å². The van der Waals surface area contributed by atoms with Crippen LogP contribution in [0.15, 0.2) is 6.07 Å². The summed E-state index contributed by atoms with van der Waals surface area (Å²) in [6.07, 6.45) is 7.01. The van der Waals surface area contributed by atoms with E-state index < -0.39 is 0 Å². The van der Waals surface area contributed by atoms with Gasteiger partial charge >= 0.3 is 0 Å². The van der Waals surface area contributed by atoms with Crippen LogP contribution in [-0.4, -0.2) is 14.6 Å². The average molecular weight is 291 g/mol. The van der Waals surface area contributed by atoms with Crippen molar-refractivity contribution in [1.82, 2.24) is 14.6 Å². The Balaban J connectivity index is 2.14. The van der Waals surface area contributed by atoms with Crippen molar-refractivity contribution in [2.24, 2.45) is 0 Å². The highest BCUT2D eigenvalue weighted by Crippen LogP contribution is 2.21. The van der Waals surface area contributed by atoms with Gasteiger partial charge in [-0.2, -0.15) is 10.4 Å². The Morgan fingerprint density at radius 3 is 2.75 bits per heavy atom. The van der Waals surface area contributed by atoms with Gasteiger partial charge in [-0.1, -0.05) is 44.2 Å². The second kappa shape index (κ2) is 6.71. The zero-order valence-electron chi connectivity index (χ0n) is 12.0. The lowest BCUT2D eigenvalue weighted by molar-refractivity contribution is 0.622. The molecule has 2 aromatic heterocycles. The smallest absolute Gasteiger partial charge is 0.157 e. The van der Waals surface area contributed by atoms with Crippen LogP contribution in [0.25, 0.3) is 5.65 Å². The molecule has 0 fully saturated rings. The third kappa shape index (κ3) is 3.10. The maximum absolute atomic E-state index is 9.09. The summed E-state index contributed by atoms with van der Waals surface area (Å²) in [6.45, 7) is 4.06. The largest absolute Gasteiger partial charge is 0.217 e. The molecular weight excluding hydrogens is 272 g/mol. The Bertz CT molecular complexity index is 639. The van der Waals surface area contributed by atoms with Crippen LogP contribution in [0, 0.1) is 18.3 Å². The Kier molecular flexibility index (Phi) is 4.97. The number of fused-ring (bicyclic) bond motifs is 1. The molecule has 4 nitrogen and oxygen atoms in total. The van der Waals surface area contributed by atoms with Gasteiger partial charge in [0.05, 0.1) is 16.3 Å². The van der Waals surface area contributed by atoms with Crippen molar-refractivity contribution in [2.45, 2.75) is 52.4 Å². The van der Waals surface area contributed by atoms with Crippen LogP contribution in [0.5, 0.6) is 0 Å². The molecule has 0 N–H and O–H groups in total. The molecule has 0 aromatic carbocycles. The summed E-state index contributed by atoms with van der Waals surface area (Å²) in [6, 6.07) is 3.82. The maximum atomic E-state index is 9.09. The number of pyridine rings is 1. The number of hydrogen-bond acceptors (Lipinski definition) is 3. The van der Waals surface area contributed by atoms with Gasteiger partial charge in [0, 0.05) is 12.5 Å². The number of rotatable bonds is 6. The first-order valence-corrected chi connectivity index (χ1v) is 7.50. The summed E-state index contributed by atoms with van der Waals surface area (Å²) < 4.78 is 1.71. The molecule has 0 aliphatic rings. The SMILES string of the molecule is CCCCCCCc1nc2cc(Cl)c(C#N)c(C)n2n1. The Morgan fingerprint density at radius 2 is 2.05 bits per heavy atom. The van der Waals surface area contributed by atoms with Gasteiger partial charge in [-0.05, 0) is 13.3 Å². The Hall–Kier alpha value is -1.60. The zero-order valence-corrected chi connectivity index (χ0v) is 12.7. The molecule has 0 aliphatic heterocycles. The fourth-order valence-electron chi connectivity index (χ4n) is 2.30. The summed E-state index contributed by atoms with van der Waals surface area (Å²) >= 11 is 6.08. The van der Waals surface area contributed by atoms with E-state index in [1.807, 2.05) is 6.92 Å². The zero-order chi connectivity index (χ0) is 14.5. The van der Waals surface area contributed by atoms with Gasteiger partial charge in [-0.3, -0.25) is 0 Å². The third-order valence-electron chi connectivity index (χ3n) is 3.47. The predicted octanol–water partition coefficient (Wildman–Crippen LogP) is 4.08. The van der Waals surface area contributed by atoms with Crippen LogP contribution in [-0.2, 0) is 6.42 Å². The number of hydrogen-bond donors (Lipinski definition) is 0. The van der Waals surface area contributed by atoms with Crippen molar-refractivity contribution in [3.8, 4) is 6.07 Å². The van der Waals surface area contributed by atoms with Crippen LogP contribution in [0.2, 0.25) is 5.02 Å². The van der Waals surface area contributed by atoms with Crippen LogP contribution in [0.3, 0.4) is 0 Å². The van der Waals surface area contributed by atoms with E-state index in [1.165, 1.54) is 25.7 Å². The van der Waals surface area contributed by atoms with E-state index in [2.05, 4.69) is 23.1 Å². The van der Waals surface area contributed by atoms with Gasteiger partial charge in [-0.15, -0.1) is 0 Å². The highest BCUT2D eigenvalue weighted by molar-refractivity contribution is 6.32. The Labute approximate surface area is 124 Å². The molecular formula is C15H19ClN4. The lowest BCUT2D eigenvalue weighted by atomic mass is 10.1. The van der Waals surface area contributed by atoms with Crippen molar-refractivity contribution < 1.29 is 0 Å². The minimum atomic E-state index is 0.444. The second-order valence-corrected chi connectivity index (χ2v) is 5.43. The van der Waals surface area contributed by atoms with E-state index in [-0.39, 0.29) is 0 Å². The van der Waals surface area contributed by atoms with Gasteiger partial charge in [-0.25, -0.2) is 9.50 Å².